The standard InChI is InChI=1S/C24H27N3.2ClH/c1-17-7-3-4-11-21(17)24-22-16-27(15-20(22)13-26(24)2)14-19-9-5-8-18-10-6-12-25-23(18)19;;/h3-12,20,22,24H,13-16H2,1-2H3;2*1H/t20-,22+,24+;;/m0../s1. The second-order valence-corrected chi connectivity index (χ2v) is 8.35. The van der Waals surface area contributed by atoms with Crippen molar-refractivity contribution in [2.24, 2.45) is 11.8 Å². The van der Waals surface area contributed by atoms with Gasteiger partial charge in [0.05, 0.1) is 5.52 Å². The summed E-state index contributed by atoms with van der Waals surface area (Å²) in [5, 5.41) is 1.24. The first kappa shape index (κ1) is 22.0. The fraction of sp³-hybridized carbons (Fsp3) is 0.375. The monoisotopic (exact) mass is 429 g/mol. The number of nitrogens with zero attached hydrogens (tertiary/aromatic N) is 3. The Morgan fingerprint density at radius 2 is 1.72 bits per heavy atom. The minimum Gasteiger partial charge on any atom is -0.299 e. The molecule has 0 saturated carbocycles. The van der Waals surface area contributed by atoms with E-state index in [4.69, 9.17) is 0 Å². The van der Waals surface area contributed by atoms with Crippen LogP contribution in [0.3, 0.4) is 0 Å². The van der Waals surface area contributed by atoms with Gasteiger partial charge >= 0.3 is 0 Å². The van der Waals surface area contributed by atoms with Crippen LogP contribution in [-0.2, 0) is 6.54 Å². The fourth-order valence-electron chi connectivity index (χ4n) is 5.40. The molecule has 0 aliphatic carbocycles. The minimum absolute atomic E-state index is 0. The highest BCUT2D eigenvalue weighted by Gasteiger charge is 2.46. The number of benzene rings is 2. The van der Waals surface area contributed by atoms with Crippen molar-refractivity contribution in [1.82, 2.24) is 14.8 Å². The molecular weight excluding hydrogens is 401 g/mol. The number of fused-ring (bicyclic) bond motifs is 2. The second kappa shape index (κ2) is 9.01. The van der Waals surface area contributed by atoms with Crippen LogP contribution in [0.5, 0.6) is 0 Å². The summed E-state index contributed by atoms with van der Waals surface area (Å²) in [5.41, 5.74) is 5.45. The Labute approximate surface area is 185 Å². The Balaban J connectivity index is 0.00000120. The Kier molecular flexibility index (Phi) is 6.85. The fourth-order valence-corrected chi connectivity index (χ4v) is 5.40. The quantitative estimate of drug-likeness (QED) is 0.575. The van der Waals surface area contributed by atoms with E-state index < -0.39 is 0 Å². The first-order valence-electron chi connectivity index (χ1n) is 10.0. The van der Waals surface area contributed by atoms with Gasteiger partial charge in [0.25, 0.3) is 0 Å². The first-order valence-corrected chi connectivity index (χ1v) is 10.0. The average Bonchev–Trinajstić information content (AvgIpc) is 3.18. The normalized spacial score (nSPS) is 24.1. The number of aryl methyl sites for hydroxylation is 1. The van der Waals surface area contributed by atoms with Crippen LogP contribution < -0.4 is 0 Å². The van der Waals surface area contributed by atoms with Crippen LogP contribution in [0.25, 0.3) is 10.9 Å². The molecule has 154 valence electrons. The summed E-state index contributed by atoms with van der Waals surface area (Å²) in [5.74, 6) is 1.49. The van der Waals surface area contributed by atoms with Crippen molar-refractivity contribution in [3.05, 3.63) is 77.5 Å². The molecule has 2 aromatic carbocycles. The molecule has 0 spiro atoms. The van der Waals surface area contributed by atoms with Crippen molar-refractivity contribution >= 4 is 35.7 Å². The van der Waals surface area contributed by atoms with Crippen molar-refractivity contribution < 1.29 is 0 Å². The molecule has 29 heavy (non-hydrogen) atoms. The lowest BCUT2D eigenvalue weighted by molar-refractivity contribution is 0.224. The summed E-state index contributed by atoms with van der Waals surface area (Å²) in [6.45, 7) is 6.84. The van der Waals surface area contributed by atoms with E-state index in [1.54, 1.807) is 0 Å². The third-order valence-electron chi connectivity index (χ3n) is 6.59. The van der Waals surface area contributed by atoms with Gasteiger partial charge in [-0.15, -0.1) is 24.8 Å². The van der Waals surface area contributed by atoms with E-state index in [-0.39, 0.29) is 24.8 Å². The van der Waals surface area contributed by atoms with E-state index in [1.807, 2.05) is 12.3 Å². The van der Waals surface area contributed by atoms with Crippen molar-refractivity contribution in [2.45, 2.75) is 19.5 Å². The van der Waals surface area contributed by atoms with Crippen LogP contribution in [-0.4, -0.2) is 41.5 Å². The maximum Gasteiger partial charge on any atom is 0.0746 e. The van der Waals surface area contributed by atoms with Crippen molar-refractivity contribution in [3.63, 3.8) is 0 Å². The van der Waals surface area contributed by atoms with Gasteiger partial charge in [-0.2, -0.15) is 0 Å². The molecule has 2 aliphatic heterocycles. The van der Waals surface area contributed by atoms with Crippen molar-refractivity contribution in [2.75, 3.05) is 26.7 Å². The molecule has 0 amide bonds. The van der Waals surface area contributed by atoms with Crippen LogP contribution in [0, 0.1) is 18.8 Å². The number of aromatic nitrogens is 1. The van der Waals surface area contributed by atoms with Crippen molar-refractivity contribution in [3.8, 4) is 0 Å². The maximum atomic E-state index is 4.65. The van der Waals surface area contributed by atoms with Gasteiger partial charge in [0.1, 0.15) is 0 Å². The molecule has 5 heteroatoms. The number of likely N-dealkylation sites (tertiary alicyclic amines) is 2. The zero-order valence-electron chi connectivity index (χ0n) is 17.0. The number of para-hydroxylation sites is 1. The highest BCUT2D eigenvalue weighted by atomic mass is 35.5. The summed E-state index contributed by atoms with van der Waals surface area (Å²) in [6, 6.07) is 20.2. The molecular formula is C24H29Cl2N3. The molecule has 0 unspecified atom stereocenters. The lowest BCUT2D eigenvalue weighted by atomic mass is 9.88. The highest BCUT2D eigenvalue weighted by Crippen LogP contribution is 2.45. The second-order valence-electron chi connectivity index (χ2n) is 8.35. The third kappa shape index (κ3) is 4.02. The summed E-state index contributed by atoms with van der Waals surface area (Å²) in [7, 11) is 2.30. The lowest BCUT2D eigenvalue weighted by Gasteiger charge is -2.28. The number of hydrogen-bond acceptors (Lipinski definition) is 3. The summed E-state index contributed by atoms with van der Waals surface area (Å²) < 4.78 is 0. The molecule has 0 bridgehead atoms. The topological polar surface area (TPSA) is 19.4 Å². The third-order valence-corrected chi connectivity index (χ3v) is 6.59. The number of pyridine rings is 1. The Morgan fingerprint density at radius 1 is 0.931 bits per heavy atom. The molecule has 3 nitrogen and oxygen atoms in total. The molecule has 0 radical (unpaired) electrons. The van der Waals surface area contributed by atoms with E-state index in [1.165, 1.54) is 41.7 Å². The zero-order chi connectivity index (χ0) is 18.4. The van der Waals surface area contributed by atoms with Gasteiger partial charge in [0.2, 0.25) is 0 Å². The lowest BCUT2D eigenvalue weighted by Crippen LogP contribution is -2.29. The summed E-state index contributed by atoms with van der Waals surface area (Å²) in [6.07, 6.45) is 1.91. The molecule has 3 atom stereocenters. The molecule has 5 rings (SSSR count). The average molecular weight is 430 g/mol. The Hall–Kier alpha value is -1.65. The molecule has 2 aliphatic rings. The van der Waals surface area contributed by atoms with Gasteiger partial charge in [-0.1, -0.05) is 48.5 Å². The minimum atomic E-state index is 0. The van der Waals surface area contributed by atoms with Crippen LogP contribution in [0.2, 0.25) is 0 Å². The summed E-state index contributed by atoms with van der Waals surface area (Å²) >= 11 is 0. The van der Waals surface area contributed by atoms with Gasteiger partial charge in [0.15, 0.2) is 0 Å². The Morgan fingerprint density at radius 3 is 2.55 bits per heavy atom. The Bertz CT molecular complexity index is 972. The number of hydrogen-bond donors (Lipinski definition) is 0. The molecule has 2 fully saturated rings. The van der Waals surface area contributed by atoms with Gasteiger partial charge in [0, 0.05) is 43.8 Å². The van der Waals surface area contributed by atoms with Gasteiger partial charge in [-0.05, 0) is 48.6 Å². The van der Waals surface area contributed by atoms with Crippen LogP contribution >= 0.6 is 24.8 Å². The zero-order valence-corrected chi connectivity index (χ0v) is 18.6. The smallest absolute Gasteiger partial charge is 0.0746 e. The molecule has 3 aromatic rings. The van der Waals surface area contributed by atoms with Crippen LogP contribution in [0.4, 0.5) is 0 Å². The van der Waals surface area contributed by atoms with Gasteiger partial charge < -0.3 is 0 Å². The molecule has 2 saturated heterocycles. The van der Waals surface area contributed by atoms with E-state index in [0.29, 0.717) is 6.04 Å². The molecule has 1 aromatic heterocycles. The maximum absolute atomic E-state index is 4.65. The number of rotatable bonds is 3. The van der Waals surface area contributed by atoms with E-state index >= 15 is 0 Å². The van der Waals surface area contributed by atoms with E-state index in [0.717, 1.165) is 23.9 Å². The van der Waals surface area contributed by atoms with Gasteiger partial charge in [-0.3, -0.25) is 14.8 Å². The predicted octanol–water partition coefficient (Wildman–Crippen LogP) is 5.12. The predicted molar refractivity (Wildman–Crippen MR) is 125 cm³/mol. The molecule has 0 N–H and O–H groups in total. The SMILES string of the molecule is Cc1ccccc1[C@@H]1[C@@H]2CN(Cc3cccc4cccnc34)C[C@@H]2CN1C.Cl.Cl. The van der Waals surface area contributed by atoms with E-state index in [2.05, 4.69) is 77.3 Å². The van der Waals surface area contributed by atoms with Gasteiger partial charge in [-0.25, -0.2) is 0 Å². The highest BCUT2D eigenvalue weighted by molar-refractivity contribution is 5.85. The molecule has 3 heterocycles. The summed E-state index contributed by atoms with van der Waals surface area (Å²) in [4.78, 5) is 9.87. The van der Waals surface area contributed by atoms with Crippen LogP contribution in [0.15, 0.2) is 60.8 Å². The largest absolute Gasteiger partial charge is 0.299 e. The van der Waals surface area contributed by atoms with E-state index in [9.17, 15) is 0 Å². The van der Waals surface area contributed by atoms with Crippen LogP contribution in [0.1, 0.15) is 22.7 Å². The first-order chi connectivity index (χ1) is 13.2. The number of halogens is 2. The van der Waals surface area contributed by atoms with Crippen molar-refractivity contribution in [1.29, 1.82) is 0 Å².